The van der Waals surface area contributed by atoms with Crippen LogP contribution < -0.4 is 4.74 Å². The summed E-state index contributed by atoms with van der Waals surface area (Å²) >= 11 is 0. The number of carboxylic acid groups (broad SMARTS) is 1. The third-order valence-corrected chi connectivity index (χ3v) is 1.58. The molecule has 0 aliphatic heterocycles. The molecule has 0 aromatic carbocycles. The number of rotatable bonds is 2. The Morgan fingerprint density at radius 2 is 2.23 bits per heavy atom. The highest BCUT2D eigenvalue weighted by Gasteiger charge is 2.14. The highest BCUT2D eigenvalue weighted by atomic mass is 16.5. The van der Waals surface area contributed by atoms with Gasteiger partial charge in [-0.3, -0.25) is 0 Å². The number of aromatic carboxylic acids is 1. The lowest BCUT2D eigenvalue weighted by Crippen LogP contribution is -2.01. The van der Waals surface area contributed by atoms with Gasteiger partial charge in [0.2, 0.25) is 5.88 Å². The Kier molecular flexibility index (Phi) is 2.36. The van der Waals surface area contributed by atoms with Crippen LogP contribution in [-0.4, -0.2) is 28.3 Å². The summed E-state index contributed by atoms with van der Waals surface area (Å²) in [6.45, 7) is 1.50. The van der Waals surface area contributed by atoms with Gasteiger partial charge in [-0.25, -0.2) is 9.78 Å². The van der Waals surface area contributed by atoms with E-state index in [-0.39, 0.29) is 22.9 Å². The highest BCUT2D eigenvalue weighted by molar-refractivity contribution is 5.91. The zero-order valence-electron chi connectivity index (χ0n) is 7.24. The van der Waals surface area contributed by atoms with Gasteiger partial charge < -0.3 is 14.9 Å². The molecule has 70 valence electrons. The molecule has 5 heteroatoms. The summed E-state index contributed by atoms with van der Waals surface area (Å²) in [5.74, 6) is -1.36. The van der Waals surface area contributed by atoms with E-state index in [1.54, 1.807) is 0 Å². The molecule has 0 bridgehead atoms. The van der Waals surface area contributed by atoms with Crippen LogP contribution >= 0.6 is 0 Å². The molecule has 0 radical (unpaired) electrons. The predicted molar refractivity (Wildman–Crippen MR) is 44.2 cm³/mol. The average Bonchev–Trinajstić information content (AvgIpc) is 2.09. The quantitative estimate of drug-likeness (QED) is 0.708. The molecule has 13 heavy (non-hydrogen) atoms. The van der Waals surface area contributed by atoms with E-state index in [0.717, 1.165) is 0 Å². The molecule has 1 aromatic heterocycles. The van der Waals surface area contributed by atoms with Crippen molar-refractivity contribution in [2.75, 3.05) is 7.11 Å². The van der Waals surface area contributed by atoms with E-state index >= 15 is 0 Å². The van der Waals surface area contributed by atoms with Crippen molar-refractivity contribution < 1.29 is 19.7 Å². The van der Waals surface area contributed by atoms with Gasteiger partial charge in [-0.15, -0.1) is 0 Å². The Bertz CT molecular complexity index is 348. The van der Waals surface area contributed by atoms with Gasteiger partial charge in [0.1, 0.15) is 5.56 Å². The number of ether oxygens (including phenoxy) is 1. The van der Waals surface area contributed by atoms with Gasteiger partial charge in [0, 0.05) is 6.07 Å². The van der Waals surface area contributed by atoms with Crippen molar-refractivity contribution in [3.63, 3.8) is 0 Å². The van der Waals surface area contributed by atoms with Crippen molar-refractivity contribution in [2.45, 2.75) is 6.92 Å². The van der Waals surface area contributed by atoms with E-state index in [9.17, 15) is 9.90 Å². The summed E-state index contributed by atoms with van der Waals surface area (Å²) in [5.41, 5.74) is 0.0288. The Hall–Kier alpha value is -1.78. The van der Waals surface area contributed by atoms with E-state index in [2.05, 4.69) is 4.98 Å². The third kappa shape index (κ3) is 1.69. The largest absolute Gasteiger partial charge is 0.505 e. The number of hydrogen-bond donors (Lipinski definition) is 2. The maximum atomic E-state index is 10.6. The normalized spacial score (nSPS) is 9.69. The minimum Gasteiger partial charge on any atom is -0.505 e. The van der Waals surface area contributed by atoms with Crippen LogP contribution in [0.25, 0.3) is 0 Å². The van der Waals surface area contributed by atoms with Crippen LogP contribution in [-0.2, 0) is 0 Å². The van der Waals surface area contributed by atoms with Crippen LogP contribution in [0.2, 0.25) is 0 Å². The fourth-order valence-corrected chi connectivity index (χ4v) is 0.905. The third-order valence-electron chi connectivity index (χ3n) is 1.58. The van der Waals surface area contributed by atoms with Crippen LogP contribution in [0.4, 0.5) is 0 Å². The fraction of sp³-hybridized carbons (Fsp3) is 0.250. The standard InChI is InChI=1S/C8H9NO4/c1-4-7(10)5(8(11)12)3-6(9-4)13-2/h3,10H,1-2H3,(H,11,12). The van der Waals surface area contributed by atoms with Gasteiger partial charge in [-0.05, 0) is 6.92 Å². The molecular weight excluding hydrogens is 174 g/mol. The van der Waals surface area contributed by atoms with Gasteiger partial charge in [-0.1, -0.05) is 0 Å². The van der Waals surface area contributed by atoms with Crippen LogP contribution in [0.1, 0.15) is 16.1 Å². The first-order chi connectivity index (χ1) is 6.06. The molecule has 0 fully saturated rings. The smallest absolute Gasteiger partial charge is 0.339 e. The van der Waals surface area contributed by atoms with Crippen molar-refractivity contribution >= 4 is 5.97 Å². The molecule has 2 N–H and O–H groups in total. The Balaban J connectivity index is 3.33. The van der Waals surface area contributed by atoms with Crippen LogP contribution in [0, 0.1) is 6.92 Å². The highest BCUT2D eigenvalue weighted by Crippen LogP contribution is 2.24. The zero-order chi connectivity index (χ0) is 10.0. The molecule has 1 rings (SSSR count). The molecule has 5 nitrogen and oxygen atoms in total. The van der Waals surface area contributed by atoms with Crippen molar-refractivity contribution in [1.82, 2.24) is 4.98 Å². The van der Waals surface area contributed by atoms with Gasteiger partial charge in [0.05, 0.1) is 12.8 Å². The van der Waals surface area contributed by atoms with Crippen molar-refractivity contribution in [3.05, 3.63) is 17.3 Å². The molecule has 0 atom stereocenters. The predicted octanol–water partition coefficient (Wildman–Crippen LogP) is 0.802. The first kappa shape index (κ1) is 9.31. The van der Waals surface area contributed by atoms with E-state index in [1.165, 1.54) is 20.1 Å². The summed E-state index contributed by atoms with van der Waals surface area (Å²) in [7, 11) is 1.38. The Morgan fingerprint density at radius 1 is 1.62 bits per heavy atom. The monoisotopic (exact) mass is 183 g/mol. The number of pyridine rings is 1. The molecular formula is C8H9NO4. The number of hydrogen-bond acceptors (Lipinski definition) is 4. The number of carboxylic acids is 1. The Labute approximate surface area is 74.6 Å². The van der Waals surface area contributed by atoms with E-state index in [0.29, 0.717) is 0 Å². The van der Waals surface area contributed by atoms with E-state index in [1.807, 2.05) is 0 Å². The second-order valence-corrected chi connectivity index (χ2v) is 2.45. The molecule has 0 saturated carbocycles. The lowest BCUT2D eigenvalue weighted by Gasteiger charge is -2.05. The summed E-state index contributed by atoms with van der Waals surface area (Å²) in [6, 6.07) is 1.17. The van der Waals surface area contributed by atoms with Gasteiger partial charge in [-0.2, -0.15) is 0 Å². The molecule has 1 heterocycles. The first-order valence-electron chi connectivity index (χ1n) is 3.54. The average molecular weight is 183 g/mol. The van der Waals surface area contributed by atoms with Crippen LogP contribution in [0.5, 0.6) is 11.6 Å². The SMILES string of the molecule is COc1cc(C(=O)O)c(O)c(C)n1. The molecule has 1 aromatic rings. The first-order valence-corrected chi connectivity index (χ1v) is 3.54. The number of methoxy groups -OCH3 is 1. The summed E-state index contributed by atoms with van der Waals surface area (Å²) in [6.07, 6.45) is 0. The minimum absolute atomic E-state index is 0.174. The number of nitrogens with zero attached hydrogens (tertiary/aromatic N) is 1. The summed E-state index contributed by atoms with van der Waals surface area (Å²) in [5, 5.41) is 18.0. The lowest BCUT2D eigenvalue weighted by molar-refractivity contribution is 0.0692. The van der Waals surface area contributed by atoms with Gasteiger partial charge in [0.15, 0.2) is 5.75 Å². The summed E-state index contributed by atoms with van der Waals surface area (Å²) in [4.78, 5) is 14.4. The fourth-order valence-electron chi connectivity index (χ4n) is 0.905. The maximum Gasteiger partial charge on any atom is 0.339 e. The van der Waals surface area contributed by atoms with Crippen molar-refractivity contribution in [2.24, 2.45) is 0 Å². The van der Waals surface area contributed by atoms with Crippen LogP contribution in [0.15, 0.2) is 6.07 Å². The number of aromatic nitrogens is 1. The lowest BCUT2D eigenvalue weighted by atomic mass is 10.2. The van der Waals surface area contributed by atoms with Crippen LogP contribution in [0.3, 0.4) is 0 Å². The number of aryl methyl sites for hydroxylation is 1. The van der Waals surface area contributed by atoms with Crippen molar-refractivity contribution in [1.29, 1.82) is 0 Å². The molecule has 0 amide bonds. The number of aromatic hydroxyl groups is 1. The van der Waals surface area contributed by atoms with E-state index < -0.39 is 5.97 Å². The van der Waals surface area contributed by atoms with Crippen molar-refractivity contribution in [3.8, 4) is 11.6 Å². The van der Waals surface area contributed by atoms with Gasteiger partial charge in [0.25, 0.3) is 0 Å². The number of carbonyl (C=O) groups is 1. The summed E-state index contributed by atoms with van der Waals surface area (Å²) < 4.78 is 4.76. The maximum absolute atomic E-state index is 10.6. The minimum atomic E-state index is -1.21. The molecule has 0 saturated heterocycles. The zero-order valence-corrected chi connectivity index (χ0v) is 7.24. The second-order valence-electron chi connectivity index (χ2n) is 2.45. The molecule has 0 spiro atoms. The second kappa shape index (κ2) is 3.30. The topological polar surface area (TPSA) is 79.7 Å². The molecule has 0 aliphatic rings. The Morgan fingerprint density at radius 3 is 2.69 bits per heavy atom. The molecule has 0 aliphatic carbocycles. The van der Waals surface area contributed by atoms with Gasteiger partial charge >= 0.3 is 5.97 Å². The molecule has 0 unspecified atom stereocenters. The van der Waals surface area contributed by atoms with E-state index in [4.69, 9.17) is 9.84 Å².